The maximum absolute atomic E-state index is 4.35. The fourth-order valence-electron chi connectivity index (χ4n) is 1.84. The van der Waals surface area contributed by atoms with Crippen molar-refractivity contribution < 1.29 is 0 Å². The van der Waals surface area contributed by atoms with Gasteiger partial charge in [0.2, 0.25) is 0 Å². The van der Waals surface area contributed by atoms with Crippen LogP contribution in [0.2, 0.25) is 0 Å². The number of aromatic nitrogens is 2. The Morgan fingerprint density at radius 1 is 1.50 bits per heavy atom. The first kappa shape index (κ1) is 9.46. The van der Waals surface area contributed by atoms with Gasteiger partial charge in [-0.05, 0) is 38.5 Å². The van der Waals surface area contributed by atoms with Gasteiger partial charge in [-0.15, -0.1) is 0 Å². The smallest absolute Gasteiger partial charge is 0.0642 e. The first-order chi connectivity index (χ1) is 6.79. The van der Waals surface area contributed by atoms with Crippen LogP contribution in [0.15, 0.2) is 18.3 Å². The maximum atomic E-state index is 4.35. The Balaban J connectivity index is 2.30. The third-order valence-electron chi connectivity index (χ3n) is 2.55. The number of hydrogen-bond donors (Lipinski definition) is 1. The second-order valence-electron chi connectivity index (χ2n) is 3.94. The quantitative estimate of drug-likeness (QED) is 0.773. The van der Waals surface area contributed by atoms with Crippen molar-refractivity contribution in [2.75, 3.05) is 13.1 Å². The summed E-state index contributed by atoms with van der Waals surface area (Å²) in [5.41, 5.74) is 2.71. The van der Waals surface area contributed by atoms with Gasteiger partial charge in [0, 0.05) is 18.8 Å². The van der Waals surface area contributed by atoms with Crippen molar-refractivity contribution in [2.24, 2.45) is 0 Å². The minimum Gasteiger partial charge on any atom is -0.313 e. The van der Waals surface area contributed by atoms with Gasteiger partial charge in [-0.2, -0.15) is 5.10 Å². The summed E-state index contributed by atoms with van der Waals surface area (Å²) in [6.07, 6.45) is 5.26. The molecule has 0 aromatic carbocycles. The highest BCUT2D eigenvalue weighted by molar-refractivity contribution is 5.63. The fourth-order valence-corrected chi connectivity index (χ4v) is 1.84. The number of rotatable bonds is 2. The van der Waals surface area contributed by atoms with Crippen LogP contribution >= 0.6 is 0 Å². The zero-order chi connectivity index (χ0) is 9.97. The van der Waals surface area contributed by atoms with Crippen LogP contribution in [-0.4, -0.2) is 22.9 Å². The van der Waals surface area contributed by atoms with Gasteiger partial charge in [-0.25, -0.2) is 0 Å². The summed E-state index contributed by atoms with van der Waals surface area (Å²) >= 11 is 0. The fraction of sp³-hybridized carbons (Fsp3) is 0.545. The van der Waals surface area contributed by atoms with Crippen LogP contribution in [0.25, 0.3) is 5.57 Å². The molecule has 14 heavy (non-hydrogen) atoms. The third-order valence-corrected chi connectivity index (χ3v) is 2.55. The lowest BCUT2D eigenvalue weighted by atomic mass is 10.1. The minimum atomic E-state index is 0.441. The second kappa shape index (κ2) is 3.96. The van der Waals surface area contributed by atoms with E-state index in [4.69, 9.17) is 0 Å². The molecule has 0 spiro atoms. The molecule has 0 saturated heterocycles. The number of hydrogen-bond acceptors (Lipinski definition) is 2. The molecule has 0 unspecified atom stereocenters. The predicted molar refractivity (Wildman–Crippen MR) is 58.1 cm³/mol. The monoisotopic (exact) mass is 191 g/mol. The van der Waals surface area contributed by atoms with Gasteiger partial charge in [-0.3, -0.25) is 4.68 Å². The van der Waals surface area contributed by atoms with Crippen LogP contribution in [0.3, 0.4) is 0 Å². The second-order valence-corrected chi connectivity index (χ2v) is 3.94. The third kappa shape index (κ3) is 1.73. The number of nitrogens with one attached hydrogen (secondary N) is 1. The van der Waals surface area contributed by atoms with E-state index in [0.29, 0.717) is 6.04 Å². The van der Waals surface area contributed by atoms with Crippen LogP contribution in [0.5, 0.6) is 0 Å². The molecule has 0 aliphatic carbocycles. The van der Waals surface area contributed by atoms with Crippen LogP contribution < -0.4 is 5.32 Å². The van der Waals surface area contributed by atoms with Crippen LogP contribution in [0.1, 0.15) is 32.0 Å². The van der Waals surface area contributed by atoms with E-state index < -0.39 is 0 Å². The predicted octanol–water partition coefficient (Wildman–Crippen LogP) is 1.84. The molecule has 0 fully saturated rings. The summed E-state index contributed by atoms with van der Waals surface area (Å²) in [5, 5.41) is 7.67. The molecule has 76 valence electrons. The molecule has 3 nitrogen and oxygen atoms in total. The molecule has 1 N–H and O–H groups in total. The zero-order valence-corrected chi connectivity index (χ0v) is 8.83. The molecule has 1 aliphatic heterocycles. The lowest BCUT2D eigenvalue weighted by Crippen LogP contribution is -2.21. The Labute approximate surface area is 84.8 Å². The van der Waals surface area contributed by atoms with Gasteiger partial charge in [0.15, 0.2) is 0 Å². The summed E-state index contributed by atoms with van der Waals surface area (Å²) in [4.78, 5) is 0. The van der Waals surface area contributed by atoms with E-state index in [-0.39, 0.29) is 0 Å². The molecule has 0 bridgehead atoms. The van der Waals surface area contributed by atoms with Gasteiger partial charge in [-0.1, -0.05) is 6.08 Å². The molecule has 1 aromatic rings. The molecule has 0 amide bonds. The molecule has 2 rings (SSSR count). The zero-order valence-electron chi connectivity index (χ0n) is 8.83. The topological polar surface area (TPSA) is 29.9 Å². The lowest BCUT2D eigenvalue weighted by molar-refractivity contribution is 0.524. The summed E-state index contributed by atoms with van der Waals surface area (Å²) in [6, 6.07) is 2.55. The van der Waals surface area contributed by atoms with E-state index in [9.17, 15) is 0 Å². The molecule has 0 radical (unpaired) electrons. The van der Waals surface area contributed by atoms with E-state index in [1.165, 1.54) is 11.3 Å². The highest BCUT2D eigenvalue weighted by atomic mass is 15.3. The van der Waals surface area contributed by atoms with E-state index >= 15 is 0 Å². The summed E-state index contributed by atoms with van der Waals surface area (Å²) < 4.78 is 2.09. The molecular weight excluding hydrogens is 174 g/mol. The Morgan fingerprint density at radius 2 is 2.36 bits per heavy atom. The van der Waals surface area contributed by atoms with Gasteiger partial charge in [0.05, 0.1) is 5.69 Å². The highest BCUT2D eigenvalue weighted by Gasteiger charge is 2.11. The Bertz CT molecular complexity index is 336. The van der Waals surface area contributed by atoms with Gasteiger partial charge < -0.3 is 5.32 Å². The normalized spacial score (nSPS) is 17.2. The molecule has 0 atom stereocenters. The van der Waals surface area contributed by atoms with E-state index in [1.54, 1.807) is 0 Å². The average Bonchev–Trinajstić information content (AvgIpc) is 2.67. The SMILES string of the molecule is CC(C)n1nccc1C1=CCNCC1. The molecular formula is C11H17N3. The Kier molecular flexibility index (Phi) is 2.68. The molecule has 2 heterocycles. The van der Waals surface area contributed by atoms with E-state index in [1.807, 2.05) is 6.20 Å². The standard InChI is InChI=1S/C11H17N3/c1-9(2)14-11(5-8-13-14)10-3-6-12-7-4-10/h3,5,8-9,12H,4,6-7H2,1-2H3. The molecule has 3 heteroatoms. The van der Waals surface area contributed by atoms with Crippen molar-refractivity contribution in [2.45, 2.75) is 26.3 Å². The lowest BCUT2D eigenvalue weighted by Gasteiger charge is -2.17. The average molecular weight is 191 g/mol. The maximum Gasteiger partial charge on any atom is 0.0642 e. The first-order valence-electron chi connectivity index (χ1n) is 5.22. The molecule has 0 saturated carbocycles. The van der Waals surface area contributed by atoms with Crippen molar-refractivity contribution in [3.63, 3.8) is 0 Å². The van der Waals surface area contributed by atoms with Gasteiger partial charge >= 0.3 is 0 Å². The van der Waals surface area contributed by atoms with Crippen molar-refractivity contribution in [1.29, 1.82) is 0 Å². The molecule has 1 aromatic heterocycles. The van der Waals surface area contributed by atoms with Crippen LogP contribution in [-0.2, 0) is 0 Å². The van der Waals surface area contributed by atoms with Crippen LogP contribution in [0, 0.1) is 0 Å². The summed E-state index contributed by atoms with van der Waals surface area (Å²) in [5.74, 6) is 0. The summed E-state index contributed by atoms with van der Waals surface area (Å²) in [6.45, 7) is 6.39. The Morgan fingerprint density at radius 3 is 3.00 bits per heavy atom. The van der Waals surface area contributed by atoms with Crippen molar-refractivity contribution >= 4 is 5.57 Å². The first-order valence-corrected chi connectivity index (χ1v) is 5.22. The Hall–Kier alpha value is -1.09. The van der Waals surface area contributed by atoms with Gasteiger partial charge in [0.1, 0.15) is 0 Å². The largest absolute Gasteiger partial charge is 0.313 e. The van der Waals surface area contributed by atoms with E-state index in [0.717, 1.165) is 19.5 Å². The van der Waals surface area contributed by atoms with Crippen molar-refractivity contribution in [1.82, 2.24) is 15.1 Å². The highest BCUT2D eigenvalue weighted by Crippen LogP contribution is 2.21. The van der Waals surface area contributed by atoms with Crippen molar-refractivity contribution in [3.05, 3.63) is 24.0 Å². The molecule has 1 aliphatic rings. The van der Waals surface area contributed by atoms with Gasteiger partial charge in [0.25, 0.3) is 0 Å². The van der Waals surface area contributed by atoms with Crippen LogP contribution in [0.4, 0.5) is 0 Å². The van der Waals surface area contributed by atoms with Crippen molar-refractivity contribution in [3.8, 4) is 0 Å². The van der Waals surface area contributed by atoms with E-state index in [2.05, 4.69) is 41.1 Å². The minimum absolute atomic E-state index is 0.441. The number of nitrogens with zero attached hydrogens (tertiary/aromatic N) is 2. The summed E-state index contributed by atoms with van der Waals surface area (Å²) in [7, 11) is 0.